The highest BCUT2D eigenvalue weighted by atomic mass is 127. The van der Waals surface area contributed by atoms with Crippen molar-refractivity contribution < 1.29 is 0 Å². The minimum Gasteiger partial charge on any atom is -0.303 e. The first kappa shape index (κ1) is 15.5. The molecule has 0 aromatic rings. The summed E-state index contributed by atoms with van der Waals surface area (Å²) in [7, 11) is 4.64. The van der Waals surface area contributed by atoms with E-state index in [9.17, 15) is 0 Å². The molecule has 0 saturated heterocycles. The van der Waals surface area contributed by atoms with Crippen molar-refractivity contribution in [2.45, 2.75) is 44.1 Å². The van der Waals surface area contributed by atoms with Gasteiger partial charge in [-0.1, -0.05) is 29.0 Å². The lowest BCUT2D eigenvalue weighted by atomic mass is 9.74. The van der Waals surface area contributed by atoms with Crippen LogP contribution in [0.15, 0.2) is 0 Å². The summed E-state index contributed by atoms with van der Waals surface area (Å²) in [5, 5.41) is 0. The molecule has 0 spiro atoms. The van der Waals surface area contributed by atoms with Gasteiger partial charge in [-0.05, 0) is 68.9 Å². The van der Waals surface area contributed by atoms with Crippen LogP contribution in [0.2, 0.25) is 0 Å². The Morgan fingerprint density at radius 1 is 1.12 bits per heavy atom. The molecule has 0 amide bonds. The monoisotopic (exact) mass is 449 g/mol. The van der Waals surface area contributed by atoms with E-state index in [4.69, 9.17) is 0 Å². The first-order chi connectivity index (χ1) is 7.25. The third kappa shape index (κ3) is 2.06. The molecule has 4 atom stereocenters. The molecule has 3 rings (SSSR count). The Kier molecular flexibility index (Phi) is 5.84. The maximum Gasteiger partial charge on any atom is 0.0262 e. The summed E-state index contributed by atoms with van der Waals surface area (Å²) < 4.78 is 0. The molecule has 3 saturated carbocycles. The normalized spacial score (nSPS) is 43.7. The highest BCUT2D eigenvalue weighted by Gasteiger charge is 2.60. The summed E-state index contributed by atoms with van der Waals surface area (Å²) in [5.74, 6) is 3.23. The van der Waals surface area contributed by atoms with Crippen LogP contribution in [0.25, 0.3) is 0 Å². The molecule has 0 unspecified atom stereocenters. The summed E-state index contributed by atoms with van der Waals surface area (Å²) in [6.45, 7) is 0. The van der Waals surface area contributed by atoms with E-state index in [1.165, 1.54) is 25.7 Å². The highest BCUT2D eigenvalue weighted by Crippen LogP contribution is 2.62. The predicted octanol–water partition coefficient (Wildman–Crippen LogP) is 4.19. The summed E-state index contributed by atoms with van der Waals surface area (Å²) in [5.41, 5.74) is 0.656. The molecule has 0 radical (unpaired) electrons. The second-order valence-corrected chi connectivity index (χ2v) is 5.65. The average molecular weight is 449 g/mol. The first-order valence-corrected chi connectivity index (χ1v) is 8.46. The summed E-state index contributed by atoms with van der Waals surface area (Å²) in [6.07, 6.45) is 9.15. The molecule has 1 nitrogen and oxygen atoms in total. The number of fused-ring (bicyclic) bond motifs is 5. The molecule has 0 N–H and O–H groups in total. The molecule has 0 aromatic heterocycles. The van der Waals surface area contributed by atoms with Gasteiger partial charge in [0.15, 0.2) is 0 Å². The number of alkyl halides is 1. The third-order valence-electron chi connectivity index (χ3n) is 5.32. The second kappa shape index (κ2) is 6.04. The molecule has 0 heterocycles. The molecular weight excluding hydrogens is 424 g/mol. The smallest absolute Gasteiger partial charge is 0.0262 e. The zero-order valence-electron chi connectivity index (χ0n) is 10.7. The van der Waals surface area contributed by atoms with E-state index >= 15 is 0 Å². The molecule has 0 aromatic carbocycles. The average Bonchev–Trinajstić information content (AvgIpc) is 2.93. The van der Waals surface area contributed by atoms with E-state index in [0.29, 0.717) is 5.54 Å². The largest absolute Gasteiger partial charge is 0.303 e. The third-order valence-corrected chi connectivity index (χ3v) is 5.32. The second-order valence-electron chi connectivity index (χ2n) is 5.65. The van der Waals surface area contributed by atoms with Crippen molar-refractivity contribution >= 4 is 46.6 Å². The van der Waals surface area contributed by atoms with Gasteiger partial charge in [0.1, 0.15) is 0 Å². The minimum atomic E-state index is 0. The molecule has 3 aliphatic rings. The Morgan fingerprint density at radius 2 is 1.81 bits per heavy atom. The van der Waals surface area contributed by atoms with Gasteiger partial charge in [-0.15, -0.1) is 24.0 Å². The molecule has 3 aliphatic carbocycles. The van der Waals surface area contributed by atoms with Crippen LogP contribution in [0.5, 0.6) is 0 Å². The maximum absolute atomic E-state index is 2.58. The van der Waals surface area contributed by atoms with Gasteiger partial charge in [0.25, 0.3) is 0 Å². The van der Waals surface area contributed by atoms with Crippen molar-refractivity contribution in [3.63, 3.8) is 0 Å². The Hall–Kier alpha value is 1.42. The van der Waals surface area contributed by atoms with Crippen molar-refractivity contribution in [2.24, 2.45) is 17.8 Å². The summed E-state index contributed by atoms with van der Waals surface area (Å²) in [4.78, 5) is 4.55. The van der Waals surface area contributed by atoms with Crippen LogP contribution in [0.3, 0.4) is 0 Å². The molecule has 96 valence electrons. The number of hydrogen-bond acceptors (Lipinski definition) is 1. The number of hydrogen-bond donors (Lipinski definition) is 0. The fraction of sp³-hybridized carbons (Fsp3) is 1.00. The van der Waals surface area contributed by atoms with Crippen LogP contribution in [0.1, 0.15) is 38.5 Å². The summed E-state index contributed by atoms with van der Waals surface area (Å²) in [6, 6.07) is 0. The Bertz CT molecular complexity index is 232. The van der Waals surface area contributed by atoms with Gasteiger partial charge in [0, 0.05) is 5.54 Å². The molecule has 3 heteroatoms. The Morgan fingerprint density at radius 3 is 2.38 bits per heavy atom. The van der Waals surface area contributed by atoms with Crippen molar-refractivity contribution in [3.8, 4) is 0 Å². The van der Waals surface area contributed by atoms with Crippen molar-refractivity contribution in [1.29, 1.82) is 0 Å². The van der Waals surface area contributed by atoms with E-state index in [0.717, 1.165) is 17.8 Å². The molecular formula is C13H25I2N. The van der Waals surface area contributed by atoms with Gasteiger partial charge in [-0.2, -0.15) is 0 Å². The molecule has 16 heavy (non-hydrogen) atoms. The van der Waals surface area contributed by atoms with E-state index in [2.05, 4.69) is 41.6 Å². The van der Waals surface area contributed by atoms with Gasteiger partial charge in [0.05, 0.1) is 0 Å². The Labute approximate surface area is 131 Å². The van der Waals surface area contributed by atoms with Crippen LogP contribution in [0.4, 0.5) is 0 Å². The highest BCUT2D eigenvalue weighted by molar-refractivity contribution is 14.1. The van der Waals surface area contributed by atoms with Crippen molar-refractivity contribution in [3.05, 3.63) is 0 Å². The maximum atomic E-state index is 2.58. The quantitative estimate of drug-likeness (QED) is 0.429. The molecule has 0 aliphatic heterocycles. The topological polar surface area (TPSA) is 3.24 Å². The SMILES string of the molecule is CI.CN(C)[C@]12CCC[C@H]1[C@@H]1CC[C@H]2C1.I. The standard InChI is InChI=1S/C12H21N.CH3I.HI/c1-13(2)12-7-3-4-11(12)9-5-6-10(12)8-9;1-2;/h9-11H,3-8H2,1-2H3;1H3;1H/t9-,10+,11+,12+;;/m1../s1. The van der Waals surface area contributed by atoms with Crippen LogP contribution in [-0.4, -0.2) is 29.5 Å². The number of rotatable bonds is 1. The molecule has 3 fully saturated rings. The fourth-order valence-electron chi connectivity index (χ4n) is 4.95. The van der Waals surface area contributed by atoms with E-state index in [-0.39, 0.29) is 24.0 Å². The van der Waals surface area contributed by atoms with E-state index < -0.39 is 0 Å². The van der Waals surface area contributed by atoms with Crippen molar-refractivity contribution in [1.82, 2.24) is 4.90 Å². The van der Waals surface area contributed by atoms with E-state index in [1.54, 1.807) is 12.8 Å². The van der Waals surface area contributed by atoms with Crippen LogP contribution >= 0.6 is 46.6 Å². The Balaban J connectivity index is 0.000000406. The van der Waals surface area contributed by atoms with Crippen LogP contribution < -0.4 is 0 Å². The summed E-state index contributed by atoms with van der Waals surface area (Å²) >= 11 is 2.15. The lowest BCUT2D eigenvalue weighted by Gasteiger charge is -2.45. The number of nitrogens with zero attached hydrogens (tertiary/aromatic N) is 1. The fourth-order valence-corrected chi connectivity index (χ4v) is 4.95. The van der Waals surface area contributed by atoms with Gasteiger partial charge in [0.2, 0.25) is 0 Å². The van der Waals surface area contributed by atoms with Crippen LogP contribution in [0, 0.1) is 17.8 Å². The predicted molar refractivity (Wildman–Crippen MR) is 89.9 cm³/mol. The van der Waals surface area contributed by atoms with Gasteiger partial charge in [-0.25, -0.2) is 0 Å². The van der Waals surface area contributed by atoms with Crippen molar-refractivity contribution in [2.75, 3.05) is 19.0 Å². The van der Waals surface area contributed by atoms with Gasteiger partial charge in [-0.3, -0.25) is 0 Å². The van der Waals surface area contributed by atoms with Gasteiger partial charge < -0.3 is 4.90 Å². The lowest BCUT2D eigenvalue weighted by molar-refractivity contribution is 0.0487. The lowest BCUT2D eigenvalue weighted by Crippen LogP contribution is -2.51. The zero-order valence-corrected chi connectivity index (χ0v) is 15.2. The molecule has 2 bridgehead atoms. The minimum absolute atomic E-state index is 0. The zero-order chi connectivity index (χ0) is 11.1. The van der Waals surface area contributed by atoms with E-state index in [1.807, 2.05) is 4.93 Å². The van der Waals surface area contributed by atoms with Crippen LogP contribution in [-0.2, 0) is 0 Å². The van der Waals surface area contributed by atoms with Gasteiger partial charge >= 0.3 is 0 Å². The number of halogens is 2. The first-order valence-electron chi connectivity index (χ1n) is 6.30.